The van der Waals surface area contributed by atoms with E-state index < -0.39 is 10.0 Å². The summed E-state index contributed by atoms with van der Waals surface area (Å²) in [7, 11) is -3.98. The van der Waals surface area contributed by atoms with Crippen LogP contribution in [0.25, 0.3) is 0 Å². The molecule has 172 valence electrons. The molecule has 9 heteroatoms. The number of sulfonamides is 1. The van der Waals surface area contributed by atoms with Crippen molar-refractivity contribution < 1.29 is 13.2 Å². The smallest absolute Gasteiger partial charge is 0.243 e. The van der Waals surface area contributed by atoms with Gasteiger partial charge < -0.3 is 4.90 Å². The first-order valence-electron chi connectivity index (χ1n) is 10.3. The number of benzene rings is 3. The van der Waals surface area contributed by atoms with Crippen LogP contribution in [-0.2, 0) is 34.3 Å². The molecule has 0 bridgehead atoms. The molecule has 0 aromatic heterocycles. The molecular weight excluding hydrogens is 503 g/mol. The summed E-state index contributed by atoms with van der Waals surface area (Å²) in [5.74, 6) is -0.262. The lowest BCUT2D eigenvalue weighted by atomic mass is 10.00. The summed E-state index contributed by atoms with van der Waals surface area (Å²) in [6, 6.07) is 18.8. The molecule has 0 spiro atoms. The minimum Gasteiger partial charge on any atom is -0.337 e. The van der Waals surface area contributed by atoms with Crippen molar-refractivity contribution in [2.75, 3.05) is 13.1 Å². The van der Waals surface area contributed by atoms with Crippen LogP contribution in [0.1, 0.15) is 16.7 Å². The SMILES string of the molecule is O=C(CN(Cc1ccc(Cl)c(Cl)c1)S(=O)(=O)c1ccc(Cl)cc1)N1CCc2ccccc2C1. The van der Waals surface area contributed by atoms with Crippen molar-refractivity contribution in [3.8, 4) is 0 Å². The lowest BCUT2D eigenvalue weighted by Crippen LogP contribution is -2.44. The van der Waals surface area contributed by atoms with Gasteiger partial charge in [0.05, 0.1) is 21.5 Å². The molecule has 0 unspecified atom stereocenters. The number of hydrogen-bond donors (Lipinski definition) is 0. The minimum atomic E-state index is -3.98. The summed E-state index contributed by atoms with van der Waals surface area (Å²) < 4.78 is 28.1. The third kappa shape index (κ3) is 5.53. The molecule has 0 N–H and O–H groups in total. The van der Waals surface area contributed by atoms with Gasteiger partial charge in [-0.3, -0.25) is 4.79 Å². The molecular formula is C24H21Cl3N2O3S. The van der Waals surface area contributed by atoms with Crippen molar-refractivity contribution in [1.29, 1.82) is 0 Å². The van der Waals surface area contributed by atoms with E-state index in [1.165, 1.54) is 34.1 Å². The molecule has 3 aromatic carbocycles. The molecule has 0 aliphatic carbocycles. The van der Waals surface area contributed by atoms with Gasteiger partial charge in [-0.2, -0.15) is 4.31 Å². The van der Waals surface area contributed by atoms with Crippen LogP contribution in [0.4, 0.5) is 0 Å². The molecule has 33 heavy (non-hydrogen) atoms. The van der Waals surface area contributed by atoms with Crippen LogP contribution >= 0.6 is 34.8 Å². The topological polar surface area (TPSA) is 57.7 Å². The highest BCUT2D eigenvalue weighted by Crippen LogP contribution is 2.26. The highest BCUT2D eigenvalue weighted by Gasteiger charge is 2.30. The number of fused-ring (bicyclic) bond motifs is 1. The number of halogens is 3. The van der Waals surface area contributed by atoms with Crippen molar-refractivity contribution in [2.45, 2.75) is 24.4 Å². The van der Waals surface area contributed by atoms with Crippen LogP contribution in [0.3, 0.4) is 0 Å². The van der Waals surface area contributed by atoms with E-state index in [4.69, 9.17) is 34.8 Å². The second kappa shape index (κ2) is 10.0. The minimum absolute atomic E-state index is 0.0297. The Hall–Kier alpha value is -2.09. The van der Waals surface area contributed by atoms with E-state index in [2.05, 4.69) is 6.07 Å². The Morgan fingerprint density at radius 3 is 2.30 bits per heavy atom. The molecule has 0 fully saturated rings. The highest BCUT2D eigenvalue weighted by molar-refractivity contribution is 7.89. The molecule has 4 rings (SSSR count). The second-order valence-electron chi connectivity index (χ2n) is 7.81. The fourth-order valence-electron chi connectivity index (χ4n) is 3.78. The zero-order valence-electron chi connectivity index (χ0n) is 17.5. The van der Waals surface area contributed by atoms with Crippen molar-refractivity contribution in [2.24, 2.45) is 0 Å². The normalized spacial score (nSPS) is 13.8. The number of rotatable bonds is 6. The third-order valence-corrected chi connectivity index (χ3v) is 8.39. The Bertz CT molecular complexity index is 1280. The van der Waals surface area contributed by atoms with E-state index >= 15 is 0 Å². The molecule has 1 amide bonds. The zero-order valence-corrected chi connectivity index (χ0v) is 20.6. The molecule has 1 aliphatic heterocycles. The Balaban J connectivity index is 1.61. The van der Waals surface area contributed by atoms with Crippen LogP contribution in [0.2, 0.25) is 15.1 Å². The second-order valence-corrected chi connectivity index (χ2v) is 11.0. The van der Waals surface area contributed by atoms with E-state index in [0.717, 1.165) is 12.0 Å². The van der Waals surface area contributed by atoms with Gasteiger partial charge in [0.1, 0.15) is 0 Å². The van der Waals surface area contributed by atoms with Crippen molar-refractivity contribution in [1.82, 2.24) is 9.21 Å². The van der Waals surface area contributed by atoms with Gasteiger partial charge in [-0.25, -0.2) is 8.42 Å². The summed E-state index contributed by atoms with van der Waals surface area (Å²) >= 11 is 18.1. The molecule has 0 radical (unpaired) electrons. The quantitative estimate of drug-likeness (QED) is 0.433. The Morgan fingerprint density at radius 1 is 0.909 bits per heavy atom. The summed E-state index contributed by atoms with van der Waals surface area (Å²) in [4.78, 5) is 15.0. The number of hydrogen-bond acceptors (Lipinski definition) is 3. The van der Waals surface area contributed by atoms with Crippen LogP contribution in [0.15, 0.2) is 71.6 Å². The van der Waals surface area contributed by atoms with Gasteiger partial charge in [-0.05, 0) is 59.5 Å². The van der Waals surface area contributed by atoms with Gasteiger partial charge in [0, 0.05) is 24.7 Å². The predicted octanol–water partition coefficient (Wildman–Crippen LogP) is 5.42. The van der Waals surface area contributed by atoms with E-state index in [9.17, 15) is 13.2 Å². The average molecular weight is 524 g/mol. The largest absolute Gasteiger partial charge is 0.337 e. The van der Waals surface area contributed by atoms with E-state index in [0.29, 0.717) is 33.7 Å². The predicted molar refractivity (Wildman–Crippen MR) is 131 cm³/mol. The number of carbonyl (C=O) groups excluding carboxylic acids is 1. The Kier molecular flexibility index (Phi) is 7.31. The lowest BCUT2D eigenvalue weighted by molar-refractivity contribution is -0.132. The number of amides is 1. The highest BCUT2D eigenvalue weighted by atomic mass is 35.5. The van der Waals surface area contributed by atoms with Crippen molar-refractivity contribution in [3.63, 3.8) is 0 Å². The maximum absolute atomic E-state index is 13.5. The summed E-state index contributed by atoms with van der Waals surface area (Å²) in [6.45, 7) is 0.666. The summed E-state index contributed by atoms with van der Waals surface area (Å²) in [5.41, 5.74) is 2.91. The first-order valence-corrected chi connectivity index (χ1v) is 12.9. The maximum atomic E-state index is 13.5. The molecule has 3 aromatic rings. The van der Waals surface area contributed by atoms with Crippen molar-refractivity contribution >= 4 is 50.7 Å². The number of nitrogens with zero attached hydrogens (tertiary/aromatic N) is 2. The first kappa shape index (κ1) is 24.0. The van der Waals surface area contributed by atoms with Gasteiger partial charge in [0.15, 0.2) is 0 Å². The average Bonchev–Trinajstić information content (AvgIpc) is 2.81. The Morgan fingerprint density at radius 2 is 1.61 bits per heavy atom. The monoisotopic (exact) mass is 522 g/mol. The maximum Gasteiger partial charge on any atom is 0.243 e. The first-order chi connectivity index (χ1) is 15.7. The standard InChI is InChI=1S/C24H21Cl3N2O3S/c25-20-6-8-21(9-7-20)33(31,32)29(14-17-5-10-22(26)23(27)13-17)16-24(30)28-12-11-18-3-1-2-4-19(18)15-28/h1-10,13H,11-12,14-16H2. The summed E-state index contributed by atoms with van der Waals surface area (Å²) in [6.07, 6.45) is 0.735. The Labute approximate surface area is 208 Å². The lowest BCUT2D eigenvalue weighted by Gasteiger charge is -2.31. The van der Waals surface area contributed by atoms with Crippen LogP contribution in [0, 0.1) is 0 Å². The molecule has 1 heterocycles. The molecule has 5 nitrogen and oxygen atoms in total. The van der Waals surface area contributed by atoms with E-state index in [1.807, 2.05) is 18.2 Å². The van der Waals surface area contributed by atoms with E-state index in [-0.39, 0.29) is 23.9 Å². The van der Waals surface area contributed by atoms with Crippen LogP contribution in [-0.4, -0.2) is 36.6 Å². The molecule has 0 saturated carbocycles. The fraction of sp³-hybridized carbons (Fsp3) is 0.208. The van der Waals surface area contributed by atoms with Gasteiger partial charge in [-0.1, -0.05) is 65.1 Å². The molecule has 1 aliphatic rings. The zero-order chi connectivity index (χ0) is 23.6. The summed E-state index contributed by atoms with van der Waals surface area (Å²) in [5, 5.41) is 1.11. The van der Waals surface area contributed by atoms with Crippen molar-refractivity contribution in [3.05, 3.63) is 98.5 Å². The van der Waals surface area contributed by atoms with Crippen LogP contribution in [0.5, 0.6) is 0 Å². The van der Waals surface area contributed by atoms with Crippen LogP contribution < -0.4 is 0 Å². The molecule has 0 saturated heterocycles. The van der Waals surface area contributed by atoms with E-state index in [1.54, 1.807) is 23.1 Å². The third-order valence-electron chi connectivity index (χ3n) is 5.59. The fourth-order valence-corrected chi connectivity index (χ4v) is 5.61. The van der Waals surface area contributed by atoms with Gasteiger partial charge in [0.25, 0.3) is 0 Å². The number of carbonyl (C=O) groups is 1. The molecule has 0 atom stereocenters. The van der Waals surface area contributed by atoms with Gasteiger partial charge >= 0.3 is 0 Å². The van der Waals surface area contributed by atoms with Gasteiger partial charge in [0.2, 0.25) is 15.9 Å². The van der Waals surface area contributed by atoms with Gasteiger partial charge in [-0.15, -0.1) is 0 Å².